The average Bonchev–Trinajstić information content (AvgIpc) is 2.68. The molecule has 0 amide bonds. The number of aliphatic hydroxyl groups excluding tert-OH is 1. The summed E-state index contributed by atoms with van der Waals surface area (Å²) in [6, 6.07) is 15.9. The van der Waals surface area contributed by atoms with Crippen molar-refractivity contribution in [1.82, 2.24) is 9.97 Å². The summed E-state index contributed by atoms with van der Waals surface area (Å²) in [5, 5.41) is 23.2. The Morgan fingerprint density at radius 1 is 1.04 bits per heavy atom. The Labute approximate surface area is 156 Å². The smallest absolute Gasteiger partial charge is 0.269 e. The van der Waals surface area contributed by atoms with Gasteiger partial charge in [-0.25, -0.2) is 9.97 Å². The molecular formula is C20H20N4O3. The third kappa shape index (κ3) is 4.86. The van der Waals surface area contributed by atoms with Crippen molar-refractivity contribution in [2.75, 3.05) is 11.9 Å². The van der Waals surface area contributed by atoms with Gasteiger partial charge in [-0.3, -0.25) is 10.1 Å². The number of nitro groups is 1. The fraction of sp³-hybridized carbons (Fsp3) is 0.200. The van der Waals surface area contributed by atoms with Gasteiger partial charge in [0, 0.05) is 36.0 Å². The van der Waals surface area contributed by atoms with E-state index in [9.17, 15) is 10.1 Å². The van der Waals surface area contributed by atoms with Crippen LogP contribution in [0.25, 0.3) is 11.4 Å². The summed E-state index contributed by atoms with van der Waals surface area (Å²) in [5.74, 6) is 1.24. The number of nitrogens with zero attached hydrogens (tertiary/aromatic N) is 3. The molecule has 0 aliphatic heterocycles. The Kier molecular flexibility index (Phi) is 5.73. The van der Waals surface area contributed by atoms with Crippen molar-refractivity contribution in [3.8, 4) is 11.4 Å². The molecule has 0 aliphatic rings. The zero-order valence-corrected chi connectivity index (χ0v) is 14.9. The monoisotopic (exact) mass is 364 g/mol. The zero-order valence-electron chi connectivity index (χ0n) is 14.9. The van der Waals surface area contributed by atoms with Crippen LogP contribution in [-0.4, -0.2) is 26.5 Å². The Hall–Kier alpha value is -3.32. The number of aromatic nitrogens is 2. The predicted octanol–water partition coefficient (Wildman–Crippen LogP) is 3.51. The lowest BCUT2D eigenvalue weighted by Gasteiger charge is -2.09. The van der Waals surface area contributed by atoms with Crippen LogP contribution < -0.4 is 5.32 Å². The molecule has 1 aromatic heterocycles. The van der Waals surface area contributed by atoms with Gasteiger partial charge in [-0.2, -0.15) is 0 Å². The molecule has 0 unspecified atom stereocenters. The maximum absolute atomic E-state index is 10.8. The van der Waals surface area contributed by atoms with Crippen molar-refractivity contribution in [2.45, 2.75) is 20.0 Å². The minimum atomic E-state index is -0.430. The first-order valence-electron chi connectivity index (χ1n) is 8.58. The molecule has 0 spiro atoms. The van der Waals surface area contributed by atoms with Gasteiger partial charge in [0.1, 0.15) is 5.82 Å². The van der Waals surface area contributed by atoms with Gasteiger partial charge < -0.3 is 10.4 Å². The number of aliphatic hydroxyl groups is 1. The van der Waals surface area contributed by atoms with E-state index in [1.807, 2.05) is 37.3 Å². The maximum Gasteiger partial charge on any atom is 0.269 e. The minimum Gasteiger partial charge on any atom is -0.392 e. The van der Waals surface area contributed by atoms with Gasteiger partial charge in [-0.1, -0.05) is 24.3 Å². The predicted molar refractivity (Wildman–Crippen MR) is 103 cm³/mol. The van der Waals surface area contributed by atoms with Gasteiger partial charge >= 0.3 is 0 Å². The number of non-ortho nitro benzene ring substituents is 1. The van der Waals surface area contributed by atoms with Crippen LogP contribution in [0.5, 0.6) is 0 Å². The molecule has 0 atom stereocenters. The van der Waals surface area contributed by atoms with E-state index < -0.39 is 4.92 Å². The maximum atomic E-state index is 10.8. The normalized spacial score (nSPS) is 10.6. The molecule has 0 saturated carbocycles. The number of nitrogens with one attached hydrogen (secondary N) is 1. The van der Waals surface area contributed by atoms with Crippen LogP contribution in [0.15, 0.2) is 54.6 Å². The summed E-state index contributed by atoms with van der Waals surface area (Å²) in [6.45, 7) is 2.63. The van der Waals surface area contributed by atoms with E-state index in [1.54, 1.807) is 12.1 Å². The molecule has 7 heteroatoms. The third-order valence-corrected chi connectivity index (χ3v) is 4.12. The third-order valence-electron chi connectivity index (χ3n) is 4.12. The Morgan fingerprint density at radius 3 is 2.33 bits per heavy atom. The van der Waals surface area contributed by atoms with Gasteiger partial charge in [-0.15, -0.1) is 0 Å². The van der Waals surface area contributed by atoms with Crippen molar-refractivity contribution in [3.63, 3.8) is 0 Å². The number of anilines is 1. The number of rotatable bonds is 7. The first-order chi connectivity index (χ1) is 13.0. The number of benzene rings is 2. The van der Waals surface area contributed by atoms with E-state index in [0.717, 1.165) is 23.2 Å². The Bertz CT molecular complexity index is 925. The molecule has 0 fully saturated rings. The van der Waals surface area contributed by atoms with Crippen LogP contribution in [0.4, 0.5) is 11.5 Å². The summed E-state index contributed by atoms with van der Waals surface area (Å²) in [4.78, 5) is 19.3. The SMILES string of the molecule is Cc1cc(NCCc2ccc(CO)cc2)nc(-c2ccc([N+](=O)[O-])cc2)n1. The quantitative estimate of drug-likeness (QED) is 0.491. The lowest BCUT2D eigenvalue weighted by molar-refractivity contribution is -0.384. The Morgan fingerprint density at radius 2 is 1.70 bits per heavy atom. The highest BCUT2D eigenvalue weighted by molar-refractivity contribution is 5.59. The van der Waals surface area contributed by atoms with Gasteiger partial charge in [0.2, 0.25) is 0 Å². The first-order valence-corrected chi connectivity index (χ1v) is 8.58. The standard InChI is InChI=1S/C20H20N4O3/c1-14-12-19(21-11-10-15-2-4-16(13-25)5-3-15)23-20(22-14)17-6-8-18(9-7-17)24(26)27/h2-9,12,25H,10-11,13H2,1H3,(H,21,22,23). The van der Waals surface area contributed by atoms with Crippen LogP contribution >= 0.6 is 0 Å². The summed E-state index contributed by atoms with van der Waals surface area (Å²) >= 11 is 0. The van der Waals surface area contributed by atoms with E-state index in [1.165, 1.54) is 17.7 Å². The van der Waals surface area contributed by atoms with Crippen molar-refractivity contribution >= 4 is 11.5 Å². The topological polar surface area (TPSA) is 101 Å². The fourth-order valence-electron chi connectivity index (χ4n) is 2.67. The molecule has 2 N–H and O–H groups in total. The summed E-state index contributed by atoms with van der Waals surface area (Å²) in [6.07, 6.45) is 0.821. The lowest BCUT2D eigenvalue weighted by atomic mass is 10.1. The average molecular weight is 364 g/mol. The molecule has 0 bridgehead atoms. The number of aryl methyl sites for hydroxylation is 1. The molecule has 3 rings (SSSR count). The van der Waals surface area contributed by atoms with Gasteiger partial charge in [0.05, 0.1) is 11.5 Å². The van der Waals surface area contributed by atoms with Crippen molar-refractivity contribution in [3.05, 3.63) is 81.5 Å². The highest BCUT2D eigenvalue weighted by Gasteiger charge is 2.09. The van der Waals surface area contributed by atoms with E-state index in [4.69, 9.17) is 5.11 Å². The molecule has 138 valence electrons. The molecular weight excluding hydrogens is 344 g/mol. The van der Waals surface area contributed by atoms with E-state index >= 15 is 0 Å². The highest BCUT2D eigenvalue weighted by atomic mass is 16.6. The van der Waals surface area contributed by atoms with Gasteiger partial charge in [-0.05, 0) is 36.6 Å². The second-order valence-electron chi connectivity index (χ2n) is 6.17. The van der Waals surface area contributed by atoms with Crippen LogP contribution in [0, 0.1) is 17.0 Å². The molecule has 0 aliphatic carbocycles. The van der Waals surface area contributed by atoms with E-state index in [-0.39, 0.29) is 12.3 Å². The largest absolute Gasteiger partial charge is 0.392 e. The van der Waals surface area contributed by atoms with Crippen LogP contribution in [0.2, 0.25) is 0 Å². The zero-order chi connectivity index (χ0) is 19.2. The molecule has 0 saturated heterocycles. The number of hydrogen-bond donors (Lipinski definition) is 2. The van der Waals surface area contributed by atoms with Gasteiger partial charge in [0.15, 0.2) is 5.82 Å². The molecule has 3 aromatic rings. The van der Waals surface area contributed by atoms with Crippen LogP contribution in [0.1, 0.15) is 16.8 Å². The second-order valence-corrected chi connectivity index (χ2v) is 6.17. The molecule has 2 aromatic carbocycles. The van der Waals surface area contributed by atoms with Gasteiger partial charge in [0.25, 0.3) is 5.69 Å². The van der Waals surface area contributed by atoms with Crippen LogP contribution in [0.3, 0.4) is 0 Å². The summed E-state index contributed by atoms with van der Waals surface area (Å²) in [5.41, 5.74) is 3.64. The van der Waals surface area contributed by atoms with E-state index in [0.29, 0.717) is 18.2 Å². The van der Waals surface area contributed by atoms with Crippen molar-refractivity contribution < 1.29 is 10.0 Å². The van der Waals surface area contributed by atoms with E-state index in [2.05, 4.69) is 15.3 Å². The molecule has 7 nitrogen and oxygen atoms in total. The van der Waals surface area contributed by atoms with Crippen LogP contribution in [-0.2, 0) is 13.0 Å². The highest BCUT2D eigenvalue weighted by Crippen LogP contribution is 2.21. The molecule has 27 heavy (non-hydrogen) atoms. The fourth-order valence-corrected chi connectivity index (χ4v) is 2.67. The first kappa shape index (κ1) is 18.5. The number of hydrogen-bond acceptors (Lipinski definition) is 6. The second kappa shape index (κ2) is 8.37. The number of nitro benzene ring substituents is 1. The molecule has 1 heterocycles. The van der Waals surface area contributed by atoms with Crippen molar-refractivity contribution in [1.29, 1.82) is 0 Å². The molecule has 0 radical (unpaired) electrons. The minimum absolute atomic E-state index is 0.0389. The Balaban J connectivity index is 1.68. The lowest BCUT2D eigenvalue weighted by Crippen LogP contribution is -2.08. The van der Waals surface area contributed by atoms with Crippen molar-refractivity contribution in [2.24, 2.45) is 0 Å². The summed E-state index contributed by atoms with van der Waals surface area (Å²) in [7, 11) is 0. The summed E-state index contributed by atoms with van der Waals surface area (Å²) < 4.78 is 0.